The molecule has 3 aliphatic rings. The largest absolute Gasteiger partial charge is 0.480 e. The minimum Gasteiger partial charge on any atom is -0.480 e. The third kappa shape index (κ3) is 12.2. The standard InChI is InChI=1S/C46H57F2N8O8S2Si/c1-27(29-8-10-30(11-9-29)42-28(2)49-26-66-42)50-43(61)36-21-32(57)23-56(36)45(62)67(46(3,4)5)53-37(58)14-15-39(60)55-16-6-7-31(22-55)51-38(59)24-64-41-33(12-13-34(47)40(41)48)35-25-65-44(52-35)54-17-19-63-20-18-54/h8-13,25-27,31-32,36,57H,6-7,14-24H2,1-5H3,(H,50,61)(H,51,59)(H,53,58)/t27-,31?,32+,36-/m0/s1. The fourth-order valence-corrected chi connectivity index (χ4v) is 12.1. The number of nitrogens with zero attached hydrogens (tertiary/aromatic N) is 5. The summed E-state index contributed by atoms with van der Waals surface area (Å²) in [6.07, 6.45) is -0.0876. The van der Waals surface area contributed by atoms with Crippen molar-refractivity contribution in [3.8, 4) is 27.4 Å². The molecular weight excluding hydrogens is 923 g/mol. The van der Waals surface area contributed by atoms with Crippen molar-refractivity contribution in [3.63, 3.8) is 0 Å². The van der Waals surface area contributed by atoms with Crippen molar-refractivity contribution in [1.82, 2.24) is 35.4 Å². The van der Waals surface area contributed by atoms with Crippen molar-refractivity contribution in [2.24, 2.45) is 0 Å². The molecule has 0 spiro atoms. The number of carbonyl (C=O) groups excluding carboxylic acids is 5. The van der Waals surface area contributed by atoms with E-state index >= 15 is 4.39 Å². The number of rotatable bonds is 15. The highest BCUT2D eigenvalue weighted by molar-refractivity contribution is 7.14. The van der Waals surface area contributed by atoms with E-state index in [4.69, 9.17) is 9.47 Å². The number of aliphatic hydroxyl groups excluding tert-OH is 1. The van der Waals surface area contributed by atoms with Crippen LogP contribution in [0.25, 0.3) is 21.7 Å². The van der Waals surface area contributed by atoms with Crippen molar-refractivity contribution >= 4 is 65.9 Å². The highest BCUT2D eigenvalue weighted by Gasteiger charge is 2.46. The predicted molar refractivity (Wildman–Crippen MR) is 252 cm³/mol. The number of morpholine rings is 1. The van der Waals surface area contributed by atoms with E-state index < -0.39 is 79.4 Å². The Balaban J connectivity index is 0.892. The van der Waals surface area contributed by atoms with Crippen LogP contribution in [0, 0.1) is 18.6 Å². The Morgan fingerprint density at radius 2 is 1.75 bits per heavy atom. The molecule has 3 saturated heterocycles. The van der Waals surface area contributed by atoms with Crippen LogP contribution >= 0.6 is 22.7 Å². The van der Waals surface area contributed by atoms with Crippen molar-refractivity contribution in [2.45, 2.75) is 96.0 Å². The molecule has 4 atom stereocenters. The van der Waals surface area contributed by atoms with Crippen LogP contribution in [0.3, 0.4) is 0 Å². The summed E-state index contributed by atoms with van der Waals surface area (Å²) in [5.74, 6) is -4.60. The Morgan fingerprint density at radius 1 is 1.00 bits per heavy atom. The molecule has 7 rings (SSSR count). The van der Waals surface area contributed by atoms with Crippen molar-refractivity contribution in [2.75, 3.05) is 57.4 Å². The van der Waals surface area contributed by atoms with Crippen LogP contribution < -0.4 is 25.3 Å². The second-order valence-electron chi connectivity index (χ2n) is 18.0. The fraction of sp³-hybridized carbons (Fsp3) is 0.500. The number of β-amino-alcohol motifs (C(OH)–C–C–N with tert-alkyl or cyclic N) is 1. The van der Waals surface area contributed by atoms with Crippen molar-refractivity contribution in [3.05, 3.63) is 70.2 Å². The molecule has 4 aromatic rings. The summed E-state index contributed by atoms with van der Waals surface area (Å²) in [5, 5.41) is 18.3. The van der Waals surface area contributed by atoms with E-state index in [0.29, 0.717) is 56.5 Å². The summed E-state index contributed by atoms with van der Waals surface area (Å²) in [6, 6.07) is 8.40. The minimum atomic E-state index is -2.41. The summed E-state index contributed by atoms with van der Waals surface area (Å²) in [6.45, 7) is 11.6. The zero-order valence-electron chi connectivity index (χ0n) is 38.2. The van der Waals surface area contributed by atoms with Gasteiger partial charge >= 0.3 is 0 Å². The molecule has 359 valence electrons. The van der Waals surface area contributed by atoms with E-state index in [9.17, 15) is 33.5 Å². The first-order chi connectivity index (χ1) is 32.0. The second-order valence-corrected chi connectivity index (χ2v) is 22.7. The summed E-state index contributed by atoms with van der Waals surface area (Å²) >= 11 is 2.91. The average Bonchev–Trinajstić information content (AvgIpc) is 4.08. The number of benzene rings is 2. The maximum Gasteiger partial charge on any atom is 0.286 e. The Labute approximate surface area is 398 Å². The molecule has 1 unspecified atom stereocenters. The minimum absolute atomic E-state index is 0.0520. The number of piperidine rings is 1. The Hall–Kier alpha value is -5.35. The molecule has 5 heterocycles. The van der Waals surface area contributed by atoms with Crippen LogP contribution in [0.1, 0.15) is 77.1 Å². The molecule has 2 aromatic carbocycles. The van der Waals surface area contributed by atoms with E-state index in [2.05, 4.69) is 25.6 Å². The number of ether oxygens (including phenoxy) is 2. The summed E-state index contributed by atoms with van der Waals surface area (Å²) in [7, 11) is -2.41. The Morgan fingerprint density at radius 3 is 2.45 bits per heavy atom. The van der Waals surface area contributed by atoms with Gasteiger partial charge in [0.2, 0.25) is 29.1 Å². The number of hydrogen-bond acceptors (Lipinski definition) is 13. The number of anilines is 1. The van der Waals surface area contributed by atoms with Gasteiger partial charge in [-0.2, -0.15) is 4.39 Å². The van der Waals surface area contributed by atoms with Gasteiger partial charge in [0.15, 0.2) is 23.3 Å². The lowest BCUT2D eigenvalue weighted by Crippen LogP contribution is -2.59. The van der Waals surface area contributed by atoms with Gasteiger partial charge in [-0.15, -0.1) is 22.7 Å². The van der Waals surface area contributed by atoms with E-state index in [1.807, 2.05) is 63.8 Å². The zero-order chi connectivity index (χ0) is 48.0. The Kier molecular flexibility index (Phi) is 16.1. The van der Waals surface area contributed by atoms with Crippen molar-refractivity contribution in [1.29, 1.82) is 0 Å². The molecule has 4 N–H and O–H groups in total. The number of halogens is 2. The summed E-state index contributed by atoms with van der Waals surface area (Å²) in [5.41, 5.74) is 4.80. The van der Waals surface area contributed by atoms with Crippen LogP contribution in [0.5, 0.6) is 5.75 Å². The monoisotopic (exact) mass is 979 g/mol. The van der Waals surface area contributed by atoms with Gasteiger partial charge in [0.25, 0.3) is 14.9 Å². The number of thiazole rings is 2. The molecule has 3 aliphatic heterocycles. The van der Waals surface area contributed by atoms with Gasteiger partial charge in [0.1, 0.15) is 6.04 Å². The van der Waals surface area contributed by atoms with Gasteiger partial charge in [0, 0.05) is 69.0 Å². The first-order valence-corrected chi connectivity index (χ1v) is 25.7. The topological polar surface area (TPSA) is 196 Å². The number of aliphatic hydroxyl groups is 1. The number of amides is 5. The molecule has 67 heavy (non-hydrogen) atoms. The molecule has 5 amide bonds. The second kappa shape index (κ2) is 21.7. The molecule has 0 aliphatic carbocycles. The molecule has 16 nitrogen and oxygen atoms in total. The third-order valence-corrected chi connectivity index (χ3v) is 16.6. The van der Waals surface area contributed by atoms with Gasteiger partial charge in [-0.25, -0.2) is 14.4 Å². The van der Waals surface area contributed by atoms with Gasteiger partial charge in [-0.1, -0.05) is 45.0 Å². The Bertz CT molecular complexity index is 2430. The number of carbonyl (C=O) groups is 5. The van der Waals surface area contributed by atoms with Crippen LogP contribution in [-0.2, 0) is 23.9 Å². The van der Waals surface area contributed by atoms with Gasteiger partial charge in [-0.05, 0) is 55.0 Å². The highest BCUT2D eigenvalue weighted by atomic mass is 32.1. The lowest BCUT2D eigenvalue weighted by molar-refractivity contribution is -0.135. The van der Waals surface area contributed by atoms with E-state index in [1.54, 1.807) is 27.1 Å². The van der Waals surface area contributed by atoms with Crippen molar-refractivity contribution < 1.29 is 47.3 Å². The van der Waals surface area contributed by atoms with Gasteiger partial charge < -0.3 is 44.9 Å². The fourth-order valence-electron chi connectivity index (χ4n) is 8.36. The van der Waals surface area contributed by atoms with Crippen LogP contribution in [0.15, 0.2) is 47.3 Å². The smallest absolute Gasteiger partial charge is 0.286 e. The van der Waals surface area contributed by atoms with E-state index in [0.717, 1.165) is 27.8 Å². The number of nitrogens with one attached hydrogen (secondary N) is 3. The van der Waals surface area contributed by atoms with Crippen LogP contribution in [0.4, 0.5) is 18.7 Å². The summed E-state index contributed by atoms with van der Waals surface area (Å²) in [4.78, 5) is 85.8. The van der Waals surface area contributed by atoms with Gasteiger partial charge in [0.05, 0.1) is 47.1 Å². The number of aromatic nitrogens is 2. The lowest BCUT2D eigenvalue weighted by atomic mass is 10.0. The molecular formula is C46H57F2N8O8S2Si. The number of likely N-dealkylation sites (tertiary alicyclic amines) is 2. The normalized spacial score (nSPS) is 19.3. The third-order valence-electron chi connectivity index (χ3n) is 12.0. The highest BCUT2D eigenvalue weighted by Crippen LogP contribution is 2.37. The molecule has 21 heteroatoms. The zero-order valence-corrected chi connectivity index (χ0v) is 40.9. The predicted octanol–water partition coefficient (Wildman–Crippen LogP) is 5.55. The summed E-state index contributed by atoms with van der Waals surface area (Å²) < 4.78 is 40.5. The molecule has 3 fully saturated rings. The molecule has 2 aromatic heterocycles. The van der Waals surface area contributed by atoms with Crippen LogP contribution in [0.2, 0.25) is 5.04 Å². The first-order valence-electron chi connectivity index (χ1n) is 22.4. The molecule has 1 radical (unpaired) electrons. The van der Waals surface area contributed by atoms with Crippen LogP contribution in [-0.4, -0.2) is 134 Å². The first kappa shape index (κ1) is 49.5. The quantitative estimate of drug-likeness (QED) is 0.109. The van der Waals surface area contributed by atoms with Gasteiger partial charge in [-0.3, -0.25) is 24.0 Å². The molecule has 0 bridgehead atoms. The number of hydrogen-bond donors (Lipinski definition) is 4. The van der Waals surface area contributed by atoms with E-state index in [1.165, 1.54) is 22.3 Å². The average molecular weight is 980 g/mol. The number of aryl methyl sites for hydroxylation is 1. The maximum atomic E-state index is 15.1. The SMILES string of the molecule is Cc1ncsc1-c1ccc([C@H](C)NC(=O)[C@@H]2C[C@@H](O)CN2C(=O)[Si](NC(=O)CCC(=O)N2CCCC(NC(=O)COc3c(-c4csc(N5CCOCC5)n4)ccc(F)c3F)C2)C(C)(C)C)cc1. The molecule has 0 saturated carbocycles. The maximum absolute atomic E-state index is 15.1. The van der Waals surface area contributed by atoms with E-state index in [-0.39, 0.29) is 49.9 Å². The lowest BCUT2D eigenvalue weighted by Gasteiger charge is -2.34.